The number of hydrogen-bond donors (Lipinski definition) is 0. The Morgan fingerprint density at radius 2 is 1.74 bits per heavy atom. The highest BCUT2D eigenvalue weighted by Crippen LogP contribution is 2.23. The van der Waals surface area contributed by atoms with Crippen LogP contribution in [0.3, 0.4) is 0 Å². The molecule has 2 aromatic rings. The minimum atomic E-state index is -0.162. The lowest BCUT2D eigenvalue weighted by atomic mass is 9.97. The van der Waals surface area contributed by atoms with Crippen molar-refractivity contribution in [3.63, 3.8) is 0 Å². The third-order valence-corrected chi connectivity index (χ3v) is 5.38. The lowest BCUT2D eigenvalue weighted by Gasteiger charge is -2.13. The van der Waals surface area contributed by atoms with E-state index in [0.717, 1.165) is 24.6 Å². The molecule has 0 N–H and O–H groups in total. The van der Waals surface area contributed by atoms with Crippen LogP contribution in [0.5, 0.6) is 0 Å². The molecular formula is C16H18BrFS. The molecular weight excluding hydrogens is 323 g/mol. The van der Waals surface area contributed by atoms with Crippen LogP contribution in [0.4, 0.5) is 4.39 Å². The molecule has 0 aliphatic rings. The molecule has 0 amide bonds. The van der Waals surface area contributed by atoms with Gasteiger partial charge in [0.2, 0.25) is 0 Å². The van der Waals surface area contributed by atoms with Crippen LogP contribution in [0, 0.1) is 11.7 Å². The van der Waals surface area contributed by atoms with Gasteiger partial charge in [-0.15, -0.1) is 11.3 Å². The predicted molar refractivity (Wildman–Crippen MR) is 84.8 cm³/mol. The van der Waals surface area contributed by atoms with Gasteiger partial charge in [-0.3, -0.25) is 0 Å². The predicted octanol–water partition coefficient (Wildman–Crippen LogP) is 5.25. The second kappa shape index (κ2) is 7.20. The van der Waals surface area contributed by atoms with Gasteiger partial charge in [-0.25, -0.2) is 4.39 Å². The van der Waals surface area contributed by atoms with Gasteiger partial charge < -0.3 is 0 Å². The molecule has 0 radical (unpaired) electrons. The van der Waals surface area contributed by atoms with E-state index in [-0.39, 0.29) is 5.82 Å². The van der Waals surface area contributed by atoms with Crippen molar-refractivity contribution in [2.24, 2.45) is 5.92 Å². The maximum atomic E-state index is 12.9. The summed E-state index contributed by atoms with van der Waals surface area (Å²) in [7, 11) is 0. The van der Waals surface area contributed by atoms with Gasteiger partial charge in [0, 0.05) is 15.1 Å². The van der Waals surface area contributed by atoms with E-state index in [4.69, 9.17) is 0 Å². The van der Waals surface area contributed by atoms with E-state index >= 15 is 0 Å². The summed E-state index contributed by atoms with van der Waals surface area (Å²) in [6.45, 7) is 2.19. The van der Waals surface area contributed by atoms with E-state index in [9.17, 15) is 4.39 Å². The Morgan fingerprint density at radius 3 is 2.32 bits per heavy atom. The van der Waals surface area contributed by atoms with E-state index in [1.54, 1.807) is 12.1 Å². The summed E-state index contributed by atoms with van der Waals surface area (Å²) in [4.78, 5) is 2.90. The normalized spacial score (nSPS) is 12.6. The van der Waals surface area contributed by atoms with Gasteiger partial charge in [0.05, 0.1) is 0 Å². The fourth-order valence-corrected chi connectivity index (χ4v) is 3.67. The summed E-state index contributed by atoms with van der Waals surface area (Å²) >= 11 is 5.51. The number of thiophene rings is 1. The lowest BCUT2D eigenvalue weighted by Crippen LogP contribution is -2.09. The molecule has 0 saturated carbocycles. The topological polar surface area (TPSA) is 0 Å². The molecule has 1 unspecified atom stereocenters. The molecule has 0 fully saturated rings. The number of halogens is 2. The third-order valence-electron chi connectivity index (χ3n) is 3.21. The summed E-state index contributed by atoms with van der Waals surface area (Å²) in [5.41, 5.74) is 1.21. The molecule has 0 aliphatic carbocycles. The monoisotopic (exact) mass is 340 g/mol. The van der Waals surface area contributed by atoms with Gasteiger partial charge in [0.15, 0.2) is 0 Å². The molecule has 1 aromatic carbocycles. The second-order valence-electron chi connectivity index (χ2n) is 4.78. The minimum Gasteiger partial charge on any atom is -0.207 e. The molecule has 102 valence electrons. The number of hydrogen-bond acceptors (Lipinski definition) is 1. The summed E-state index contributed by atoms with van der Waals surface area (Å²) in [5.74, 6) is 0.402. The highest BCUT2D eigenvalue weighted by Gasteiger charge is 2.11. The van der Waals surface area contributed by atoms with Gasteiger partial charge in [-0.2, -0.15) is 0 Å². The largest absolute Gasteiger partial charge is 0.207 e. The van der Waals surface area contributed by atoms with Crippen LogP contribution in [0.15, 0.2) is 36.4 Å². The average Bonchev–Trinajstić information content (AvgIpc) is 2.88. The van der Waals surface area contributed by atoms with Gasteiger partial charge >= 0.3 is 0 Å². The Bertz CT molecular complexity index is 504. The number of benzene rings is 1. The lowest BCUT2D eigenvalue weighted by molar-refractivity contribution is 0.592. The Kier molecular flexibility index (Phi) is 5.59. The van der Waals surface area contributed by atoms with E-state index in [1.807, 2.05) is 23.5 Å². The molecule has 0 saturated heterocycles. The summed E-state index contributed by atoms with van der Waals surface area (Å²) < 4.78 is 12.9. The van der Waals surface area contributed by atoms with Crippen LogP contribution in [-0.2, 0) is 19.3 Å². The van der Waals surface area contributed by atoms with Gasteiger partial charge in [-0.1, -0.05) is 35.0 Å². The van der Waals surface area contributed by atoms with Crippen molar-refractivity contribution in [1.29, 1.82) is 0 Å². The molecule has 0 nitrogen and oxygen atoms in total. The Balaban J connectivity index is 1.98. The highest BCUT2D eigenvalue weighted by molar-refractivity contribution is 9.09. The molecule has 1 aromatic heterocycles. The van der Waals surface area contributed by atoms with Crippen LogP contribution in [0.1, 0.15) is 22.2 Å². The average molecular weight is 341 g/mol. The SMILES string of the molecule is CCc1ccc(CC(CBr)Cc2ccc(F)cc2)s1. The molecule has 1 atom stereocenters. The number of aryl methyl sites for hydroxylation is 1. The van der Waals surface area contributed by atoms with E-state index in [1.165, 1.54) is 15.3 Å². The number of rotatable bonds is 6. The number of alkyl halides is 1. The van der Waals surface area contributed by atoms with Crippen LogP contribution in [0.2, 0.25) is 0 Å². The van der Waals surface area contributed by atoms with Crippen LogP contribution in [-0.4, -0.2) is 5.33 Å². The maximum absolute atomic E-state index is 12.9. The van der Waals surface area contributed by atoms with Crippen LogP contribution >= 0.6 is 27.3 Å². The Morgan fingerprint density at radius 1 is 1.05 bits per heavy atom. The van der Waals surface area contributed by atoms with Crippen molar-refractivity contribution in [1.82, 2.24) is 0 Å². The van der Waals surface area contributed by atoms with Crippen molar-refractivity contribution in [2.75, 3.05) is 5.33 Å². The zero-order valence-corrected chi connectivity index (χ0v) is 13.4. The molecule has 3 heteroatoms. The smallest absolute Gasteiger partial charge is 0.123 e. The molecule has 0 bridgehead atoms. The van der Waals surface area contributed by atoms with Crippen molar-refractivity contribution in [2.45, 2.75) is 26.2 Å². The Hall–Kier alpha value is -0.670. The van der Waals surface area contributed by atoms with Crippen molar-refractivity contribution in [3.05, 3.63) is 57.5 Å². The first kappa shape index (κ1) is 14.7. The van der Waals surface area contributed by atoms with Gasteiger partial charge in [0.1, 0.15) is 5.82 Å². The van der Waals surface area contributed by atoms with E-state index in [2.05, 4.69) is 35.0 Å². The van der Waals surface area contributed by atoms with Gasteiger partial charge in [-0.05, 0) is 55.0 Å². The van der Waals surface area contributed by atoms with Crippen molar-refractivity contribution >= 4 is 27.3 Å². The van der Waals surface area contributed by atoms with Crippen molar-refractivity contribution in [3.8, 4) is 0 Å². The molecule has 19 heavy (non-hydrogen) atoms. The quantitative estimate of drug-likeness (QED) is 0.630. The third kappa shape index (κ3) is 4.43. The Labute approximate surface area is 126 Å². The first-order valence-corrected chi connectivity index (χ1v) is 8.53. The maximum Gasteiger partial charge on any atom is 0.123 e. The highest BCUT2D eigenvalue weighted by atomic mass is 79.9. The fourth-order valence-electron chi connectivity index (χ4n) is 2.14. The van der Waals surface area contributed by atoms with Crippen LogP contribution < -0.4 is 0 Å². The van der Waals surface area contributed by atoms with E-state index in [0.29, 0.717) is 5.92 Å². The fraction of sp³-hybridized carbons (Fsp3) is 0.375. The second-order valence-corrected chi connectivity index (χ2v) is 6.68. The first-order chi connectivity index (χ1) is 9.21. The summed E-state index contributed by atoms with van der Waals surface area (Å²) in [6, 6.07) is 11.3. The zero-order valence-electron chi connectivity index (χ0n) is 11.0. The van der Waals surface area contributed by atoms with E-state index < -0.39 is 0 Å². The molecule has 0 spiro atoms. The standard InChI is InChI=1S/C16H18BrFS/c1-2-15-7-8-16(19-15)10-13(11-17)9-12-3-5-14(18)6-4-12/h3-8,13H,2,9-11H2,1H3. The first-order valence-electron chi connectivity index (χ1n) is 6.59. The summed E-state index contributed by atoms with van der Waals surface area (Å²) in [6.07, 6.45) is 3.19. The van der Waals surface area contributed by atoms with Crippen LogP contribution in [0.25, 0.3) is 0 Å². The van der Waals surface area contributed by atoms with Gasteiger partial charge in [0.25, 0.3) is 0 Å². The molecule has 1 heterocycles. The van der Waals surface area contributed by atoms with Crippen molar-refractivity contribution < 1.29 is 4.39 Å². The summed E-state index contributed by atoms with van der Waals surface area (Å²) in [5, 5.41) is 0.976. The zero-order chi connectivity index (χ0) is 13.7. The molecule has 2 rings (SSSR count). The minimum absolute atomic E-state index is 0.162. The molecule has 0 aliphatic heterocycles.